The molecule has 1 aromatic carbocycles. The van der Waals surface area contributed by atoms with E-state index in [1.165, 1.54) is 12.1 Å². The molecule has 0 fully saturated rings. The van der Waals surface area contributed by atoms with Gasteiger partial charge in [-0.05, 0) is 30.7 Å². The van der Waals surface area contributed by atoms with Crippen LogP contribution >= 0.6 is 24.8 Å². The fourth-order valence-corrected chi connectivity index (χ4v) is 3.10. The second-order valence-electron chi connectivity index (χ2n) is 7.15. The third kappa shape index (κ3) is 8.51. The van der Waals surface area contributed by atoms with E-state index >= 15 is 0 Å². The van der Waals surface area contributed by atoms with Crippen molar-refractivity contribution in [2.24, 2.45) is 0 Å². The van der Waals surface area contributed by atoms with Crippen molar-refractivity contribution in [2.45, 2.75) is 24.9 Å². The van der Waals surface area contributed by atoms with Gasteiger partial charge in [0.15, 0.2) is 5.82 Å². The molecule has 0 saturated carbocycles. The van der Waals surface area contributed by atoms with Gasteiger partial charge in [0, 0.05) is 30.8 Å². The van der Waals surface area contributed by atoms with Gasteiger partial charge in [0.25, 0.3) is 11.5 Å². The zero-order valence-corrected chi connectivity index (χ0v) is 19.8. The van der Waals surface area contributed by atoms with Gasteiger partial charge >= 0.3 is 11.9 Å². The SMILES string of the molecule is Cl.Cl.Nc1nc2c(c(=O)[nH]1)NC(CNc1ccc(C(=O)N[C@@H](CCC(=O)O)C(=O)O)cc1)CN2.O. The number of H-pyrrole nitrogens is 1. The number of amides is 1. The first kappa shape index (κ1) is 31.2. The van der Waals surface area contributed by atoms with Gasteiger partial charge in [-0.2, -0.15) is 4.98 Å². The summed E-state index contributed by atoms with van der Waals surface area (Å²) in [6.07, 6.45) is -0.587. The number of carboxylic acids is 2. The number of hydrogen-bond acceptors (Lipinski definition) is 9. The molecule has 11 N–H and O–H groups in total. The lowest BCUT2D eigenvalue weighted by Crippen LogP contribution is -2.41. The van der Waals surface area contributed by atoms with Crippen molar-refractivity contribution in [3.05, 3.63) is 40.2 Å². The van der Waals surface area contributed by atoms with Gasteiger partial charge in [-0.3, -0.25) is 19.4 Å². The number of nitrogen functional groups attached to an aromatic ring is 1. The molecule has 2 heterocycles. The molecular weight excluding hydrogens is 509 g/mol. The van der Waals surface area contributed by atoms with Crippen LogP contribution in [0.3, 0.4) is 0 Å². The molecule has 0 bridgehead atoms. The minimum Gasteiger partial charge on any atom is -0.481 e. The smallest absolute Gasteiger partial charge is 0.326 e. The monoisotopic (exact) mass is 535 g/mol. The van der Waals surface area contributed by atoms with Gasteiger partial charge in [0.05, 0.1) is 6.04 Å². The Morgan fingerprint density at radius 1 is 1.17 bits per heavy atom. The summed E-state index contributed by atoms with van der Waals surface area (Å²) < 4.78 is 0. The van der Waals surface area contributed by atoms with Crippen LogP contribution in [0.4, 0.5) is 23.1 Å². The molecule has 14 nitrogen and oxygen atoms in total. The van der Waals surface area contributed by atoms with E-state index in [0.717, 1.165) is 0 Å². The Labute approximate surface area is 211 Å². The molecule has 3 rings (SSSR count). The molecule has 1 aliphatic rings. The summed E-state index contributed by atoms with van der Waals surface area (Å²) in [7, 11) is 0. The van der Waals surface area contributed by atoms with E-state index in [1.807, 2.05) is 0 Å². The van der Waals surface area contributed by atoms with Gasteiger partial charge < -0.3 is 42.7 Å². The second kappa shape index (κ2) is 13.8. The maximum atomic E-state index is 12.3. The number of anilines is 4. The minimum atomic E-state index is -1.30. The molecule has 0 radical (unpaired) electrons. The van der Waals surface area contributed by atoms with E-state index in [9.17, 15) is 19.2 Å². The van der Waals surface area contributed by atoms with Gasteiger partial charge in [0.2, 0.25) is 5.95 Å². The average molecular weight is 536 g/mol. The number of fused-ring (bicyclic) bond motifs is 1. The highest BCUT2D eigenvalue weighted by atomic mass is 35.5. The molecule has 16 heteroatoms. The number of benzene rings is 1. The molecule has 2 atom stereocenters. The molecule has 1 unspecified atom stereocenters. The number of nitrogens with one attached hydrogen (secondary N) is 5. The third-order valence-corrected chi connectivity index (χ3v) is 4.75. The Morgan fingerprint density at radius 3 is 2.43 bits per heavy atom. The van der Waals surface area contributed by atoms with Crippen LogP contribution in [0.2, 0.25) is 0 Å². The second-order valence-corrected chi connectivity index (χ2v) is 7.15. The summed E-state index contributed by atoms with van der Waals surface area (Å²) >= 11 is 0. The molecule has 0 saturated heterocycles. The normalized spacial score (nSPS) is 14.1. The lowest BCUT2D eigenvalue weighted by Gasteiger charge is -2.27. The predicted molar refractivity (Wildman–Crippen MR) is 134 cm³/mol. The molecule has 1 amide bonds. The van der Waals surface area contributed by atoms with Gasteiger partial charge in [-0.1, -0.05) is 0 Å². The zero-order chi connectivity index (χ0) is 23.3. The molecule has 2 aromatic rings. The number of halogens is 2. The van der Waals surface area contributed by atoms with Gasteiger partial charge in [-0.15, -0.1) is 24.8 Å². The van der Waals surface area contributed by atoms with Crippen LogP contribution in [0.5, 0.6) is 0 Å². The number of carboxylic acid groups (broad SMARTS) is 2. The van der Waals surface area contributed by atoms with E-state index in [4.69, 9.17) is 15.9 Å². The van der Waals surface area contributed by atoms with Crippen LogP contribution in [0.15, 0.2) is 29.1 Å². The van der Waals surface area contributed by atoms with Crippen molar-refractivity contribution in [3.8, 4) is 0 Å². The van der Waals surface area contributed by atoms with Gasteiger partial charge in [-0.25, -0.2) is 4.79 Å². The van der Waals surface area contributed by atoms with E-state index in [1.54, 1.807) is 12.1 Å². The van der Waals surface area contributed by atoms with Crippen molar-refractivity contribution in [3.63, 3.8) is 0 Å². The lowest BCUT2D eigenvalue weighted by atomic mass is 10.1. The zero-order valence-electron chi connectivity index (χ0n) is 18.2. The summed E-state index contributed by atoms with van der Waals surface area (Å²) in [6, 6.07) is 4.93. The highest BCUT2D eigenvalue weighted by Crippen LogP contribution is 2.20. The molecule has 194 valence electrons. The minimum absolute atomic E-state index is 0. The summed E-state index contributed by atoms with van der Waals surface area (Å²) in [5.41, 5.74) is 6.40. The van der Waals surface area contributed by atoms with Crippen LogP contribution in [0, 0.1) is 0 Å². The van der Waals surface area contributed by atoms with Gasteiger partial charge in [0.1, 0.15) is 11.7 Å². The Morgan fingerprint density at radius 2 is 1.83 bits per heavy atom. The van der Waals surface area contributed by atoms with Crippen molar-refractivity contribution < 1.29 is 30.1 Å². The summed E-state index contributed by atoms with van der Waals surface area (Å²) in [5, 5.41) is 29.5. The Hall–Kier alpha value is -3.75. The number of carbonyl (C=O) groups is 3. The van der Waals surface area contributed by atoms with E-state index in [-0.39, 0.29) is 66.2 Å². The fourth-order valence-electron chi connectivity index (χ4n) is 3.10. The number of nitrogens with two attached hydrogens (primary N) is 1. The summed E-state index contributed by atoms with van der Waals surface area (Å²) in [4.78, 5) is 52.6. The summed E-state index contributed by atoms with van der Waals surface area (Å²) in [5.74, 6) is -2.64. The number of hydrogen-bond donors (Lipinski definition) is 8. The molecule has 35 heavy (non-hydrogen) atoms. The number of aromatic amines is 1. The fraction of sp³-hybridized carbons (Fsp3) is 0.316. The highest BCUT2D eigenvalue weighted by Gasteiger charge is 2.23. The predicted octanol–water partition coefficient (Wildman–Crippen LogP) is -0.263. The van der Waals surface area contributed by atoms with Crippen molar-refractivity contribution >= 4 is 65.8 Å². The van der Waals surface area contributed by atoms with Crippen LogP contribution in [0.25, 0.3) is 0 Å². The Bertz CT molecular complexity index is 1080. The number of nitrogens with zero attached hydrogens (tertiary/aromatic N) is 1. The standard InChI is InChI=1S/C19H23N7O6.2ClH.H2O/c20-19-25-15-14(17(30)26-19)23-11(8-22-15)7-21-10-3-1-9(2-4-10)16(29)24-12(18(31)32)5-6-13(27)28;;;/h1-4,11-12,21,23H,5-8H2,(H,24,29)(H,27,28)(H,31,32)(H4,20,22,25,26,30);2*1H;1H2/t11?,12-;;;/m0.../s1. The lowest BCUT2D eigenvalue weighted by molar-refractivity contribution is -0.140. The third-order valence-electron chi connectivity index (χ3n) is 4.75. The average Bonchev–Trinajstić information content (AvgIpc) is 2.75. The highest BCUT2D eigenvalue weighted by molar-refractivity contribution is 5.97. The number of carbonyl (C=O) groups excluding carboxylic acids is 1. The maximum absolute atomic E-state index is 12.3. The van der Waals surface area contributed by atoms with Crippen molar-refractivity contribution in [1.82, 2.24) is 15.3 Å². The maximum Gasteiger partial charge on any atom is 0.326 e. The molecule has 0 aliphatic carbocycles. The largest absolute Gasteiger partial charge is 0.481 e. The quantitative estimate of drug-likeness (QED) is 0.207. The number of rotatable bonds is 9. The topological polar surface area (TPSA) is 243 Å². The Kier molecular flexibility index (Phi) is 12.4. The first-order valence-electron chi connectivity index (χ1n) is 9.72. The van der Waals surface area contributed by atoms with Crippen LogP contribution < -0.4 is 32.6 Å². The van der Waals surface area contributed by atoms with E-state index in [2.05, 4.69) is 31.2 Å². The van der Waals surface area contributed by atoms with Crippen LogP contribution in [-0.2, 0) is 9.59 Å². The molecule has 1 aromatic heterocycles. The van der Waals surface area contributed by atoms with Crippen LogP contribution in [-0.4, -0.2) is 68.7 Å². The molecule has 1 aliphatic heterocycles. The van der Waals surface area contributed by atoms with Crippen molar-refractivity contribution in [1.29, 1.82) is 0 Å². The number of aromatic nitrogens is 2. The van der Waals surface area contributed by atoms with E-state index < -0.39 is 23.9 Å². The summed E-state index contributed by atoms with van der Waals surface area (Å²) in [6.45, 7) is 0.960. The number of aliphatic carboxylic acids is 2. The Balaban J connectivity index is 0.00000385. The first-order chi connectivity index (χ1) is 15.2. The molecule has 0 spiro atoms. The van der Waals surface area contributed by atoms with E-state index in [0.29, 0.717) is 30.3 Å². The van der Waals surface area contributed by atoms with Crippen molar-refractivity contribution in [2.75, 3.05) is 34.8 Å². The molecular formula is C19H27Cl2N7O7. The van der Waals surface area contributed by atoms with Crippen LogP contribution in [0.1, 0.15) is 23.2 Å². The first-order valence-corrected chi connectivity index (χ1v) is 9.72.